The molecule has 10 heteroatoms. The molecule has 0 spiro atoms. The molecule has 0 aliphatic heterocycles. The number of halogens is 1. The molecule has 1 aromatic carbocycles. The molecule has 1 amide bonds. The van der Waals surface area contributed by atoms with Crippen molar-refractivity contribution in [1.82, 2.24) is 14.8 Å². The molecule has 1 unspecified atom stereocenters. The number of nitrogens with one attached hydrogen (secondary N) is 1. The summed E-state index contributed by atoms with van der Waals surface area (Å²) in [6.45, 7) is 13.8. The molecule has 41 heavy (non-hydrogen) atoms. The largest absolute Gasteiger partial charge is 0.493 e. The van der Waals surface area contributed by atoms with E-state index in [1.165, 1.54) is 16.6 Å². The third-order valence-corrected chi connectivity index (χ3v) is 10.4. The molecular weight excluding hydrogens is 574 g/mol. The van der Waals surface area contributed by atoms with E-state index in [2.05, 4.69) is 48.9 Å². The van der Waals surface area contributed by atoms with Gasteiger partial charge in [0, 0.05) is 22.9 Å². The summed E-state index contributed by atoms with van der Waals surface area (Å²) in [5.41, 5.74) is 3.01. The van der Waals surface area contributed by atoms with Crippen molar-refractivity contribution < 1.29 is 9.53 Å². The Balaban J connectivity index is 1.34. The van der Waals surface area contributed by atoms with Gasteiger partial charge in [-0.1, -0.05) is 56.6 Å². The Hall–Kier alpha value is -2.80. The highest BCUT2D eigenvalue weighted by Gasteiger charge is 2.34. The van der Waals surface area contributed by atoms with Crippen molar-refractivity contribution in [3.63, 3.8) is 0 Å². The normalized spacial score (nSPS) is 14.8. The van der Waals surface area contributed by atoms with Crippen molar-refractivity contribution in [2.75, 3.05) is 17.7 Å². The van der Waals surface area contributed by atoms with Crippen molar-refractivity contribution in [1.29, 1.82) is 5.26 Å². The molecule has 3 aromatic rings. The van der Waals surface area contributed by atoms with Crippen LogP contribution in [0.5, 0.6) is 5.75 Å². The summed E-state index contributed by atoms with van der Waals surface area (Å²) in [5.74, 6) is 2.25. The van der Waals surface area contributed by atoms with Crippen LogP contribution in [0.1, 0.15) is 67.4 Å². The highest BCUT2D eigenvalue weighted by atomic mass is 35.5. The van der Waals surface area contributed by atoms with Gasteiger partial charge >= 0.3 is 0 Å². The van der Waals surface area contributed by atoms with Crippen LogP contribution in [0.25, 0.3) is 0 Å². The molecule has 0 saturated carbocycles. The number of carbonyl (C=O) groups is 1. The highest BCUT2D eigenvalue weighted by molar-refractivity contribution is 7.99. The Morgan fingerprint density at radius 3 is 2.93 bits per heavy atom. The summed E-state index contributed by atoms with van der Waals surface area (Å²) in [6.07, 6.45) is 7.31. The molecule has 7 nitrogen and oxygen atoms in total. The first-order valence-electron chi connectivity index (χ1n) is 14.1. The second-order valence-corrected chi connectivity index (χ2v) is 13.6. The lowest BCUT2D eigenvalue weighted by molar-refractivity contribution is -0.113. The molecule has 1 N–H and O–H groups in total. The number of rotatable bonds is 13. The Labute approximate surface area is 256 Å². The number of nitriles is 1. The van der Waals surface area contributed by atoms with Crippen molar-refractivity contribution in [3.05, 3.63) is 63.3 Å². The van der Waals surface area contributed by atoms with Crippen LogP contribution >= 0.6 is 34.7 Å². The summed E-state index contributed by atoms with van der Waals surface area (Å²) < 4.78 is 7.90. The Morgan fingerprint density at radius 1 is 1.41 bits per heavy atom. The SMILES string of the molecule is C=CCn1c(CCCOc2ccc(Cl)cc2C)nnc1SCC(=O)Nc1sc2c(c1C#N)CCC(C(C)(C)CC)C2. The second kappa shape index (κ2) is 13.9. The maximum absolute atomic E-state index is 13.0. The number of hydrogen-bond acceptors (Lipinski definition) is 7. The fourth-order valence-electron chi connectivity index (χ4n) is 5.15. The van der Waals surface area contributed by atoms with Gasteiger partial charge in [0.25, 0.3) is 0 Å². The van der Waals surface area contributed by atoms with Crippen LogP contribution in [0.2, 0.25) is 5.02 Å². The maximum atomic E-state index is 13.0. The maximum Gasteiger partial charge on any atom is 0.235 e. The predicted molar refractivity (Wildman–Crippen MR) is 168 cm³/mol. The van der Waals surface area contributed by atoms with Crippen molar-refractivity contribution in [3.8, 4) is 11.8 Å². The number of carbonyl (C=O) groups excluding carboxylic acids is 1. The van der Waals surface area contributed by atoms with Crippen LogP contribution in [0.3, 0.4) is 0 Å². The van der Waals surface area contributed by atoms with Crippen LogP contribution in [0.15, 0.2) is 36.0 Å². The summed E-state index contributed by atoms with van der Waals surface area (Å²) in [4.78, 5) is 14.2. The molecule has 1 atom stereocenters. The number of amides is 1. The smallest absolute Gasteiger partial charge is 0.235 e. The van der Waals surface area contributed by atoms with Gasteiger partial charge in [-0.2, -0.15) is 5.26 Å². The number of nitrogens with zero attached hydrogens (tertiary/aromatic N) is 4. The lowest BCUT2D eigenvalue weighted by Crippen LogP contribution is -2.28. The standard InChI is InChI=1S/C31H38ClN5O2S2/c1-6-14-37-27(9-8-15-39-25-13-11-22(32)16-20(25)3)35-36-30(37)40-19-28(38)34-29-24(18-33)23-12-10-21(17-26(23)41-29)31(4,5)7-2/h6,11,13,16,21H,1,7-10,12,14-15,17,19H2,2-5H3,(H,34,38). The lowest BCUT2D eigenvalue weighted by Gasteiger charge is -2.36. The molecule has 0 bridgehead atoms. The van der Waals surface area contributed by atoms with Crippen LogP contribution in [0.4, 0.5) is 5.00 Å². The third kappa shape index (κ3) is 7.54. The quantitative estimate of drug-likeness (QED) is 0.121. The van der Waals surface area contributed by atoms with Crippen LogP contribution in [-0.4, -0.2) is 33.0 Å². The Morgan fingerprint density at radius 2 is 2.22 bits per heavy atom. The first-order chi connectivity index (χ1) is 19.7. The monoisotopic (exact) mass is 611 g/mol. The number of allylic oxidation sites excluding steroid dienone is 1. The molecular formula is C31H38ClN5O2S2. The second-order valence-electron chi connectivity index (χ2n) is 11.1. The van der Waals surface area contributed by atoms with Gasteiger partial charge in [0.15, 0.2) is 5.16 Å². The first-order valence-corrected chi connectivity index (χ1v) is 16.2. The number of anilines is 1. The highest BCUT2D eigenvalue weighted by Crippen LogP contribution is 2.45. The minimum absolute atomic E-state index is 0.156. The zero-order valence-corrected chi connectivity index (χ0v) is 26.6. The van der Waals surface area contributed by atoms with E-state index in [1.807, 2.05) is 29.7 Å². The number of hydrogen-bond donors (Lipinski definition) is 1. The van der Waals surface area contributed by atoms with Gasteiger partial charge < -0.3 is 14.6 Å². The number of ether oxygens (including phenoxy) is 1. The summed E-state index contributed by atoms with van der Waals surface area (Å²) >= 11 is 8.93. The Bertz CT molecular complexity index is 1440. The van der Waals surface area contributed by atoms with Crippen molar-refractivity contribution >= 4 is 45.6 Å². The number of thioether (sulfide) groups is 1. The van der Waals surface area contributed by atoms with Crippen molar-refractivity contribution in [2.24, 2.45) is 11.3 Å². The molecule has 1 aliphatic rings. The van der Waals surface area contributed by atoms with E-state index in [1.54, 1.807) is 17.4 Å². The minimum atomic E-state index is -0.156. The first kappa shape index (κ1) is 31.1. The molecule has 2 heterocycles. The van der Waals surface area contributed by atoms with E-state index in [0.717, 1.165) is 54.8 Å². The predicted octanol–water partition coefficient (Wildman–Crippen LogP) is 7.64. The molecule has 0 radical (unpaired) electrons. The van der Waals surface area contributed by atoms with Crippen LogP contribution < -0.4 is 10.1 Å². The van der Waals surface area contributed by atoms with Crippen LogP contribution in [-0.2, 0) is 30.6 Å². The topological polar surface area (TPSA) is 92.8 Å². The number of benzene rings is 1. The van der Waals surface area contributed by atoms with E-state index in [4.69, 9.17) is 16.3 Å². The minimum Gasteiger partial charge on any atom is -0.493 e. The molecule has 0 fully saturated rings. The van der Waals surface area contributed by atoms with Gasteiger partial charge in [0.05, 0.1) is 17.9 Å². The zero-order valence-electron chi connectivity index (χ0n) is 24.3. The van der Waals surface area contributed by atoms with Gasteiger partial charge in [0.2, 0.25) is 5.91 Å². The van der Waals surface area contributed by atoms with E-state index >= 15 is 0 Å². The molecule has 2 aromatic heterocycles. The number of aryl methyl sites for hydroxylation is 2. The molecule has 218 valence electrons. The fourth-order valence-corrected chi connectivity index (χ4v) is 7.44. The van der Waals surface area contributed by atoms with Gasteiger partial charge in [-0.05, 0) is 73.3 Å². The Kier molecular flexibility index (Phi) is 10.6. The number of thiophene rings is 1. The third-order valence-electron chi connectivity index (χ3n) is 8.02. The van der Waals surface area contributed by atoms with Gasteiger partial charge in [-0.3, -0.25) is 4.79 Å². The van der Waals surface area contributed by atoms with Gasteiger partial charge in [-0.15, -0.1) is 28.1 Å². The molecule has 0 saturated heterocycles. The molecule has 1 aliphatic carbocycles. The average molecular weight is 612 g/mol. The van der Waals surface area contributed by atoms with E-state index in [0.29, 0.717) is 46.2 Å². The lowest BCUT2D eigenvalue weighted by atomic mass is 9.69. The van der Waals surface area contributed by atoms with E-state index < -0.39 is 0 Å². The zero-order chi connectivity index (χ0) is 29.6. The number of fused-ring (bicyclic) bond motifs is 1. The van der Waals surface area contributed by atoms with E-state index in [-0.39, 0.29) is 17.1 Å². The summed E-state index contributed by atoms with van der Waals surface area (Å²) in [5, 5.41) is 23.6. The van der Waals surface area contributed by atoms with Gasteiger partial charge in [-0.25, -0.2) is 0 Å². The van der Waals surface area contributed by atoms with Gasteiger partial charge in [0.1, 0.15) is 22.6 Å². The summed E-state index contributed by atoms with van der Waals surface area (Å²) in [6, 6.07) is 7.94. The fraction of sp³-hybridized carbons (Fsp3) is 0.484. The van der Waals surface area contributed by atoms with Crippen LogP contribution in [0, 0.1) is 29.6 Å². The number of aromatic nitrogens is 3. The van der Waals surface area contributed by atoms with Crippen molar-refractivity contribution in [2.45, 2.75) is 77.9 Å². The average Bonchev–Trinajstić information content (AvgIpc) is 3.50. The van der Waals surface area contributed by atoms with E-state index in [9.17, 15) is 10.1 Å². The molecule has 4 rings (SSSR count). The summed E-state index contributed by atoms with van der Waals surface area (Å²) in [7, 11) is 0.